The van der Waals surface area contributed by atoms with Crippen molar-refractivity contribution in [2.45, 2.75) is 40.0 Å². The fraction of sp³-hybridized carbons (Fsp3) is 0.478. The van der Waals surface area contributed by atoms with Crippen LogP contribution in [0, 0.1) is 12.8 Å². The third-order valence-electron chi connectivity index (χ3n) is 4.55. The lowest BCUT2D eigenvalue weighted by molar-refractivity contribution is 0.0219. The van der Waals surface area contributed by atoms with Crippen molar-refractivity contribution in [3.05, 3.63) is 72.1 Å². The Bertz CT molecular complexity index is 693. The molecule has 0 unspecified atom stereocenters. The number of aromatic nitrogens is 1. The lowest BCUT2D eigenvalue weighted by Crippen LogP contribution is -2.37. The van der Waals surface area contributed by atoms with Crippen LogP contribution < -0.4 is 0 Å². The molecule has 2 rings (SSSR count). The molecule has 0 amide bonds. The van der Waals surface area contributed by atoms with Gasteiger partial charge in [-0.15, -0.1) is 6.58 Å². The summed E-state index contributed by atoms with van der Waals surface area (Å²) < 4.78 is 7.70. The van der Waals surface area contributed by atoms with Gasteiger partial charge >= 0.3 is 0 Å². The molecular formula is C23H34N2O2. The van der Waals surface area contributed by atoms with Crippen LogP contribution in [0.1, 0.15) is 30.7 Å². The van der Waals surface area contributed by atoms with Crippen molar-refractivity contribution < 1.29 is 9.84 Å². The van der Waals surface area contributed by atoms with Gasteiger partial charge in [0.15, 0.2) is 0 Å². The maximum Gasteiger partial charge on any atom is 0.0900 e. The van der Waals surface area contributed by atoms with Crippen LogP contribution in [-0.2, 0) is 17.8 Å². The molecular weight excluding hydrogens is 336 g/mol. The summed E-state index contributed by atoms with van der Waals surface area (Å²) in [4.78, 5) is 2.32. The standard InChI is InChI=1S/C23H34N2O2/c1-5-13-27-18-23(26)17-24(14-19(2)3)16-22-11-8-12-25(22)15-21-10-7-6-9-20(21)4/h5-12,19,23,26H,1,13-18H2,2-4H3/t23-/m0/s1. The van der Waals surface area contributed by atoms with E-state index in [0.717, 1.165) is 19.6 Å². The fourth-order valence-electron chi connectivity index (χ4n) is 3.31. The third-order valence-corrected chi connectivity index (χ3v) is 4.55. The lowest BCUT2D eigenvalue weighted by Gasteiger charge is -2.27. The maximum absolute atomic E-state index is 10.3. The summed E-state index contributed by atoms with van der Waals surface area (Å²) in [6.45, 7) is 14.2. The quantitative estimate of drug-likeness (QED) is 0.455. The van der Waals surface area contributed by atoms with Gasteiger partial charge < -0.3 is 14.4 Å². The second-order valence-electron chi connectivity index (χ2n) is 7.62. The van der Waals surface area contributed by atoms with Crippen LogP contribution in [0.25, 0.3) is 0 Å². The summed E-state index contributed by atoms with van der Waals surface area (Å²) in [7, 11) is 0. The minimum absolute atomic E-state index is 0.338. The molecule has 0 aliphatic carbocycles. The molecule has 1 atom stereocenters. The number of aliphatic hydroxyl groups is 1. The number of hydrogen-bond donors (Lipinski definition) is 1. The number of aliphatic hydroxyl groups excluding tert-OH is 1. The predicted octanol–water partition coefficient (Wildman–Crippen LogP) is 3.87. The molecule has 148 valence electrons. The van der Waals surface area contributed by atoms with Gasteiger partial charge in [0.1, 0.15) is 0 Å². The Balaban J connectivity index is 2.03. The molecule has 2 aromatic rings. The van der Waals surface area contributed by atoms with Gasteiger partial charge in [-0.3, -0.25) is 4.90 Å². The largest absolute Gasteiger partial charge is 0.389 e. The van der Waals surface area contributed by atoms with Crippen molar-refractivity contribution in [1.29, 1.82) is 0 Å². The van der Waals surface area contributed by atoms with Crippen LogP contribution in [0.3, 0.4) is 0 Å². The number of nitrogens with zero attached hydrogens (tertiary/aromatic N) is 2. The predicted molar refractivity (Wildman–Crippen MR) is 112 cm³/mol. The van der Waals surface area contributed by atoms with Crippen LogP contribution in [0.5, 0.6) is 0 Å². The molecule has 0 fully saturated rings. The second-order valence-corrected chi connectivity index (χ2v) is 7.62. The number of benzene rings is 1. The van der Waals surface area contributed by atoms with Crippen molar-refractivity contribution in [3.8, 4) is 0 Å². The van der Waals surface area contributed by atoms with E-state index in [-0.39, 0.29) is 0 Å². The molecule has 0 aliphatic rings. The second kappa shape index (κ2) is 11.1. The van der Waals surface area contributed by atoms with Crippen molar-refractivity contribution in [2.24, 2.45) is 5.92 Å². The fourth-order valence-corrected chi connectivity index (χ4v) is 3.31. The molecule has 4 nitrogen and oxygen atoms in total. The Kier molecular flexibility index (Phi) is 8.79. The highest BCUT2D eigenvalue weighted by Gasteiger charge is 2.15. The molecule has 27 heavy (non-hydrogen) atoms. The van der Waals surface area contributed by atoms with Gasteiger partial charge in [-0.05, 0) is 36.1 Å². The Morgan fingerprint density at radius 3 is 2.67 bits per heavy atom. The minimum Gasteiger partial charge on any atom is -0.389 e. The first kappa shape index (κ1) is 21.4. The number of rotatable bonds is 12. The van der Waals surface area contributed by atoms with Crippen molar-refractivity contribution in [3.63, 3.8) is 0 Å². The molecule has 0 bridgehead atoms. The number of aryl methyl sites for hydroxylation is 1. The Morgan fingerprint density at radius 2 is 1.96 bits per heavy atom. The van der Waals surface area contributed by atoms with E-state index >= 15 is 0 Å². The van der Waals surface area contributed by atoms with Gasteiger partial charge in [0.05, 0.1) is 19.3 Å². The molecule has 0 saturated heterocycles. The highest BCUT2D eigenvalue weighted by atomic mass is 16.5. The van der Waals surface area contributed by atoms with E-state index in [2.05, 4.69) is 79.4 Å². The monoisotopic (exact) mass is 370 g/mol. The zero-order chi connectivity index (χ0) is 19.6. The van der Waals surface area contributed by atoms with Gasteiger partial charge in [-0.25, -0.2) is 0 Å². The van der Waals surface area contributed by atoms with Crippen LogP contribution in [-0.4, -0.2) is 47.0 Å². The average Bonchev–Trinajstić information content (AvgIpc) is 3.03. The first-order valence-corrected chi connectivity index (χ1v) is 9.77. The van der Waals surface area contributed by atoms with Crippen molar-refractivity contribution >= 4 is 0 Å². The summed E-state index contributed by atoms with van der Waals surface area (Å²) in [5, 5.41) is 10.3. The van der Waals surface area contributed by atoms with Crippen LogP contribution >= 0.6 is 0 Å². The minimum atomic E-state index is -0.497. The van der Waals surface area contributed by atoms with Gasteiger partial charge in [0, 0.05) is 38.1 Å². The van der Waals surface area contributed by atoms with Crippen LogP contribution in [0.2, 0.25) is 0 Å². The summed E-state index contributed by atoms with van der Waals surface area (Å²) in [5.41, 5.74) is 3.91. The van der Waals surface area contributed by atoms with E-state index in [9.17, 15) is 5.11 Å². The summed E-state index contributed by atoms with van der Waals surface area (Å²) >= 11 is 0. The molecule has 0 saturated carbocycles. The Hall–Kier alpha value is -1.88. The molecule has 1 N–H and O–H groups in total. The van der Waals surface area contributed by atoms with Gasteiger partial charge in [0.25, 0.3) is 0 Å². The molecule has 0 spiro atoms. The van der Waals surface area contributed by atoms with E-state index in [4.69, 9.17) is 4.74 Å². The maximum atomic E-state index is 10.3. The topological polar surface area (TPSA) is 37.6 Å². The summed E-state index contributed by atoms with van der Waals surface area (Å²) in [6.07, 6.45) is 3.35. The molecule has 1 aromatic carbocycles. The smallest absolute Gasteiger partial charge is 0.0900 e. The van der Waals surface area contributed by atoms with Gasteiger partial charge in [-0.2, -0.15) is 0 Å². The number of ether oxygens (including phenoxy) is 1. The number of hydrogen-bond acceptors (Lipinski definition) is 3. The van der Waals surface area contributed by atoms with E-state index < -0.39 is 6.10 Å². The first-order valence-electron chi connectivity index (χ1n) is 9.77. The highest BCUT2D eigenvalue weighted by Crippen LogP contribution is 2.14. The normalized spacial score (nSPS) is 12.7. The molecule has 1 heterocycles. The van der Waals surface area contributed by atoms with Crippen LogP contribution in [0.15, 0.2) is 55.3 Å². The Labute approximate surface area is 164 Å². The highest BCUT2D eigenvalue weighted by molar-refractivity contribution is 5.26. The van der Waals surface area contributed by atoms with E-state index in [1.807, 2.05) is 0 Å². The Morgan fingerprint density at radius 1 is 1.19 bits per heavy atom. The zero-order valence-corrected chi connectivity index (χ0v) is 17.0. The zero-order valence-electron chi connectivity index (χ0n) is 17.0. The third kappa shape index (κ3) is 7.33. The van der Waals surface area contributed by atoms with Gasteiger partial charge in [-0.1, -0.05) is 44.2 Å². The molecule has 0 radical (unpaired) electrons. The van der Waals surface area contributed by atoms with E-state index in [1.165, 1.54) is 16.8 Å². The van der Waals surface area contributed by atoms with E-state index in [1.54, 1.807) is 6.08 Å². The van der Waals surface area contributed by atoms with Crippen molar-refractivity contribution in [2.75, 3.05) is 26.3 Å². The first-order chi connectivity index (χ1) is 13.0. The average molecular weight is 371 g/mol. The van der Waals surface area contributed by atoms with Crippen molar-refractivity contribution in [1.82, 2.24) is 9.47 Å². The van der Waals surface area contributed by atoms with Crippen LogP contribution in [0.4, 0.5) is 0 Å². The molecule has 0 aliphatic heterocycles. The summed E-state index contributed by atoms with van der Waals surface area (Å²) in [6, 6.07) is 12.8. The SMILES string of the molecule is C=CCOC[C@@H](O)CN(Cc1cccn1Cc1ccccc1C)CC(C)C. The van der Waals surface area contributed by atoms with Gasteiger partial charge in [0.2, 0.25) is 0 Å². The lowest BCUT2D eigenvalue weighted by atomic mass is 10.1. The summed E-state index contributed by atoms with van der Waals surface area (Å²) in [5.74, 6) is 0.533. The van der Waals surface area contributed by atoms with E-state index in [0.29, 0.717) is 25.7 Å². The molecule has 1 aromatic heterocycles. The molecule has 4 heteroatoms.